The van der Waals surface area contributed by atoms with Crippen LogP contribution in [-0.4, -0.2) is 41.3 Å². The largest absolute Gasteiger partial charge is 0.496 e. The Bertz CT molecular complexity index is 1190. The summed E-state index contributed by atoms with van der Waals surface area (Å²) in [6.07, 6.45) is 1.62. The lowest BCUT2D eigenvalue weighted by atomic mass is 10.1. The van der Waals surface area contributed by atoms with Crippen LogP contribution in [-0.2, 0) is 13.1 Å². The highest BCUT2D eigenvalue weighted by Crippen LogP contribution is 2.26. The lowest BCUT2D eigenvalue weighted by Gasteiger charge is -2.16. The predicted octanol–water partition coefficient (Wildman–Crippen LogP) is 3.22. The van der Waals surface area contributed by atoms with Gasteiger partial charge in [0.05, 0.1) is 37.0 Å². The van der Waals surface area contributed by atoms with Gasteiger partial charge in [0.15, 0.2) is 0 Å². The van der Waals surface area contributed by atoms with Crippen LogP contribution in [0.1, 0.15) is 49.1 Å². The summed E-state index contributed by atoms with van der Waals surface area (Å²) in [5.74, 6) is -0.153. The molecule has 0 atom stereocenters. The zero-order valence-corrected chi connectivity index (χ0v) is 18.3. The molecular formula is C25H23N3O5. The molecule has 3 aromatic rings. The molecule has 0 fully saturated rings. The first-order valence-corrected chi connectivity index (χ1v) is 10.5. The molecule has 8 nitrogen and oxygen atoms in total. The van der Waals surface area contributed by atoms with Crippen LogP contribution < -0.4 is 14.8 Å². The van der Waals surface area contributed by atoms with E-state index in [1.165, 1.54) is 12.0 Å². The molecule has 33 heavy (non-hydrogen) atoms. The van der Waals surface area contributed by atoms with Crippen molar-refractivity contribution in [3.63, 3.8) is 0 Å². The third kappa shape index (κ3) is 4.55. The quantitative estimate of drug-likeness (QED) is 0.535. The van der Waals surface area contributed by atoms with Gasteiger partial charge in [0, 0.05) is 18.8 Å². The van der Waals surface area contributed by atoms with Crippen LogP contribution >= 0.6 is 0 Å². The molecular weight excluding hydrogens is 422 g/mol. The smallest absolute Gasteiger partial charge is 0.261 e. The maximum atomic E-state index is 12.9. The number of nitrogens with one attached hydrogen (secondary N) is 1. The van der Waals surface area contributed by atoms with E-state index >= 15 is 0 Å². The number of hydrogen-bond donors (Lipinski definition) is 1. The summed E-state index contributed by atoms with van der Waals surface area (Å²) in [6.45, 7) is 2.70. The number of ether oxygens (including phenoxy) is 2. The third-order valence-electron chi connectivity index (χ3n) is 5.27. The van der Waals surface area contributed by atoms with Crippen molar-refractivity contribution in [1.29, 1.82) is 0 Å². The van der Waals surface area contributed by atoms with E-state index in [0.29, 0.717) is 40.5 Å². The number of fused-ring (bicyclic) bond motifs is 1. The van der Waals surface area contributed by atoms with E-state index < -0.39 is 0 Å². The first-order valence-electron chi connectivity index (χ1n) is 10.5. The fraction of sp³-hybridized carbons (Fsp3) is 0.200. The predicted molar refractivity (Wildman–Crippen MR) is 120 cm³/mol. The second-order valence-corrected chi connectivity index (χ2v) is 7.39. The summed E-state index contributed by atoms with van der Waals surface area (Å²) in [7, 11) is 1.48. The van der Waals surface area contributed by atoms with Crippen LogP contribution in [0.4, 0.5) is 0 Å². The van der Waals surface area contributed by atoms with Gasteiger partial charge < -0.3 is 14.8 Å². The number of amides is 3. The molecule has 0 unspecified atom stereocenters. The van der Waals surface area contributed by atoms with Crippen LogP contribution in [0.3, 0.4) is 0 Å². The van der Waals surface area contributed by atoms with E-state index in [-0.39, 0.29) is 30.8 Å². The summed E-state index contributed by atoms with van der Waals surface area (Å²) in [6, 6.07) is 15.3. The highest BCUT2D eigenvalue weighted by molar-refractivity contribution is 6.21. The van der Waals surface area contributed by atoms with E-state index in [1.807, 2.05) is 6.92 Å². The minimum absolute atomic E-state index is 0.0543. The van der Waals surface area contributed by atoms with Crippen LogP contribution in [0.2, 0.25) is 0 Å². The Morgan fingerprint density at radius 3 is 2.39 bits per heavy atom. The van der Waals surface area contributed by atoms with Crippen LogP contribution in [0.25, 0.3) is 0 Å². The molecule has 0 saturated heterocycles. The van der Waals surface area contributed by atoms with Crippen molar-refractivity contribution >= 4 is 17.7 Å². The van der Waals surface area contributed by atoms with E-state index in [9.17, 15) is 14.4 Å². The summed E-state index contributed by atoms with van der Waals surface area (Å²) in [4.78, 5) is 43.6. The van der Waals surface area contributed by atoms with Gasteiger partial charge in [0.1, 0.15) is 5.75 Å². The lowest BCUT2D eigenvalue weighted by Crippen LogP contribution is -2.29. The normalized spacial score (nSPS) is 12.5. The number of hydrogen-bond acceptors (Lipinski definition) is 6. The van der Waals surface area contributed by atoms with Gasteiger partial charge in [-0.05, 0) is 48.4 Å². The minimum atomic E-state index is -0.347. The Kier molecular flexibility index (Phi) is 6.35. The van der Waals surface area contributed by atoms with Gasteiger partial charge in [-0.15, -0.1) is 0 Å². The molecule has 0 radical (unpaired) electrons. The standard InChI is InChI=1S/C25H23N3O5/c1-3-33-22-13-16(10-11-26-22)14-27-23(29)20-12-17(8-9-21(20)32-2)15-28-24(30)18-6-4-5-7-19(18)25(28)31/h4-13H,3,14-15H2,1-2H3,(H,27,29). The van der Waals surface area contributed by atoms with Crippen molar-refractivity contribution in [2.24, 2.45) is 0 Å². The van der Waals surface area contributed by atoms with Crippen LogP contribution in [0, 0.1) is 0 Å². The SMILES string of the molecule is CCOc1cc(CNC(=O)c2cc(CN3C(=O)c4ccccc4C3=O)ccc2OC)ccn1. The Morgan fingerprint density at radius 1 is 1.00 bits per heavy atom. The number of carbonyl (C=O) groups excluding carboxylic acids is 3. The summed E-state index contributed by atoms with van der Waals surface area (Å²) >= 11 is 0. The Morgan fingerprint density at radius 2 is 1.73 bits per heavy atom. The molecule has 1 N–H and O–H groups in total. The number of methoxy groups -OCH3 is 1. The third-order valence-corrected chi connectivity index (χ3v) is 5.27. The fourth-order valence-corrected chi connectivity index (χ4v) is 3.66. The molecule has 4 rings (SSSR count). The molecule has 0 aliphatic carbocycles. The van der Waals surface area contributed by atoms with Gasteiger partial charge in [0.25, 0.3) is 17.7 Å². The summed E-state index contributed by atoms with van der Waals surface area (Å²) in [5.41, 5.74) is 2.56. The maximum Gasteiger partial charge on any atom is 0.261 e. The molecule has 1 aromatic heterocycles. The first-order chi connectivity index (χ1) is 16.0. The molecule has 3 amide bonds. The van der Waals surface area contributed by atoms with Gasteiger partial charge in [-0.1, -0.05) is 18.2 Å². The van der Waals surface area contributed by atoms with Crippen LogP contribution in [0.5, 0.6) is 11.6 Å². The average molecular weight is 445 g/mol. The van der Waals surface area contributed by atoms with Crippen molar-refractivity contribution < 1.29 is 23.9 Å². The second kappa shape index (κ2) is 9.52. The van der Waals surface area contributed by atoms with Gasteiger partial charge in [-0.2, -0.15) is 0 Å². The fourth-order valence-electron chi connectivity index (χ4n) is 3.66. The topological polar surface area (TPSA) is 97.8 Å². The van der Waals surface area contributed by atoms with Gasteiger partial charge in [-0.25, -0.2) is 4.98 Å². The Balaban J connectivity index is 1.50. The second-order valence-electron chi connectivity index (χ2n) is 7.39. The summed E-state index contributed by atoms with van der Waals surface area (Å²) in [5, 5.41) is 2.86. The van der Waals surface area contributed by atoms with Crippen molar-refractivity contribution in [1.82, 2.24) is 15.2 Å². The number of imide groups is 1. The molecule has 0 bridgehead atoms. The monoisotopic (exact) mass is 445 g/mol. The average Bonchev–Trinajstić information content (AvgIpc) is 3.08. The van der Waals surface area contributed by atoms with Crippen molar-refractivity contribution in [2.45, 2.75) is 20.0 Å². The molecule has 2 aromatic carbocycles. The van der Waals surface area contributed by atoms with Gasteiger partial charge in [-0.3, -0.25) is 19.3 Å². The van der Waals surface area contributed by atoms with Gasteiger partial charge >= 0.3 is 0 Å². The van der Waals surface area contributed by atoms with Crippen molar-refractivity contribution in [2.75, 3.05) is 13.7 Å². The maximum absolute atomic E-state index is 12.9. The van der Waals surface area contributed by atoms with Crippen molar-refractivity contribution in [3.8, 4) is 11.6 Å². The zero-order valence-electron chi connectivity index (χ0n) is 18.3. The van der Waals surface area contributed by atoms with E-state index in [0.717, 1.165) is 5.56 Å². The molecule has 0 spiro atoms. The Labute approximate surface area is 191 Å². The lowest BCUT2D eigenvalue weighted by molar-refractivity contribution is 0.0642. The highest BCUT2D eigenvalue weighted by atomic mass is 16.5. The highest BCUT2D eigenvalue weighted by Gasteiger charge is 2.35. The first kappa shape index (κ1) is 22.0. The number of nitrogens with zero attached hydrogens (tertiary/aromatic N) is 2. The molecule has 8 heteroatoms. The molecule has 1 aliphatic heterocycles. The molecule has 0 saturated carbocycles. The molecule has 2 heterocycles. The number of rotatable bonds is 8. The van der Waals surface area contributed by atoms with E-state index in [1.54, 1.807) is 60.8 Å². The minimum Gasteiger partial charge on any atom is -0.496 e. The molecule has 168 valence electrons. The number of pyridine rings is 1. The van der Waals surface area contributed by atoms with E-state index in [2.05, 4.69) is 10.3 Å². The zero-order chi connectivity index (χ0) is 23.4. The molecule has 1 aliphatic rings. The van der Waals surface area contributed by atoms with Crippen molar-refractivity contribution in [3.05, 3.63) is 88.6 Å². The number of benzene rings is 2. The number of aromatic nitrogens is 1. The number of carbonyl (C=O) groups is 3. The summed E-state index contributed by atoms with van der Waals surface area (Å²) < 4.78 is 10.7. The Hall–Kier alpha value is -4.20. The van der Waals surface area contributed by atoms with Crippen LogP contribution in [0.15, 0.2) is 60.8 Å². The van der Waals surface area contributed by atoms with Gasteiger partial charge in [0.2, 0.25) is 5.88 Å². The van der Waals surface area contributed by atoms with E-state index in [4.69, 9.17) is 9.47 Å².